The standard InChI is InChI=1S/C16H20N4O2.CH2O2/c1-22-12-2-3-14-13(10-12)15(18-17-14)16(21)20-9-8-19-6-4-11(20)5-7-19;2-1-3/h2-3,10-11H,4-9H2,1H3,(H,17,18);1H,(H,2,3). The molecule has 5 rings (SSSR count). The van der Waals surface area contributed by atoms with Gasteiger partial charge in [-0.05, 0) is 31.0 Å². The zero-order valence-corrected chi connectivity index (χ0v) is 14.1. The Morgan fingerprint density at radius 3 is 2.72 bits per heavy atom. The molecular weight excluding hydrogens is 324 g/mol. The minimum Gasteiger partial charge on any atom is -0.497 e. The molecule has 0 aliphatic carbocycles. The third-order valence-electron chi connectivity index (χ3n) is 4.89. The molecule has 1 amide bonds. The lowest BCUT2D eigenvalue weighted by molar-refractivity contribution is -0.122. The fourth-order valence-corrected chi connectivity index (χ4v) is 3.57. The number of nitrogens with zero attached hydrogens (tertiary/aromatic N) is 3. The van der Waals surface area contributed by atoms with E-state index in [1.54, 1.807) is 7.11 Å². The number of nitrogens with one attached hydrogen (secondary N) is 1. The Hall–Kier alpha value is -2.61. The molecule has 3 aliphatic heterocycles. The molecule has 25 heavy (non-hydrogen) atoms. The van der Waals surface area contributed by atoms with Gasteiger partial charge in [0.05, 0.1) is 12.6 Å². The summed E-state index contributed by atoms with van der Waals surface area (Å²) in [5, 5.41) is 15.0. The molecule has 1 aromatic heterocycles. The number of fused-ring (bicyclic) bond motifs is 5. The van der Waals surface area contributed by atoms with Crippen LogP contribution in [0.15, 0.2) is 18.2 Å². The molecule has 4 heterocycles. The number of methoxy groups -OCH3 is 1. The van der Waals surface area contributed by atoms with Crippen LogP contribution in [0.4, 0.5) is 0 Å². The second-order valence-electron chi connectivity index (χ2n) is 6.16. The molecule has 8 heteroatoms. The molecule has 0 saturated carbocycles. The number of ether oxygens (including phenoxy) is 1. The van der Waals surface area contributed by atoms with Gasteiger partial charge in [0.1, 0.15) is 5.75 Å². The van der Waals surface area contributed by atoms with E-state index in [2.05, 4.69) is 15.1 Å². The van der Waals surface area contributed by atoms with Gasteiger partial charge in [0.2, 0.25) is 0 Å². The first-order valence-electron chi connectivity index (χ1n) is 8.31. The Kier molecular flexibility index (Phi) is 5.18. The maximum Gasteiger partial charge on any atom is 0.290 e. The van der Waals surface area contributed by atoms with Gasteiger partial charge in [0.15, 0.2) is 5.69 Å². The molecule has 0 unspecified atom stereocenters. The van der Waals surface area contributed by atoms with Crippen LogP contribution in [0.2, 0.25) is 0 Å². The number of aromatic nitrogens is 2. The monoisotopic (exact) mass is 346 g/mol. The first-order valence-corrected chi connectivity index (χ1v) is 8.31. The van der Waals surface area contributed by atoms with Crippen molar-refractivity contribution in [3.63, 3.8) is 0 Å². The zero-order valence-electron chi connectivity index (χ0n) is 14.1. The summed E-state index contributed by atoms with van der Waals surface area (Å²) in [7, 11) is 1.63. The summed E-state index contributed by atoms with van der Waals surface area (Å²) in [5.74, 6) is 0.777. The third kappa shape index (κ3) is 3.43. The number of carbonyl (C=O) groups is 2. The lowest BCUT2D eigenvalue weighted by atomic mass is 10.0. The van der Waals surface area contributed by atoms with Crippen LogP contribution in [0.5, 0.6) is 5.75 Å². The minimum absolute atomic E-state index is 0.0354. The van der Waals surface area contributed by atoms with E-state index >= 15 is 0 Å². The van der Waals surface area contributed by atoms with Crippen molar-refractivity contribution < 1.29 is 19.4 Å². The van der Waals surface area contributed by atoms with Crippen LogP contribution >= 0.6 is 0 Å². The predicted octanol–water partition coefficient (Wildman–Crippen LogP) is 1.19. The van der Waals surface area contributed by atoms with Gasteiger partial charge >= 0.3 is 0 Å². The second kappa shape index (κ2) is 7.52. The van der Waals surface area contributed by atoms with Gasteiger partial charge in [-0.1, -0.05) is 0 Å². The number of carbonyl (C=O) groups excluding carboxylic acids is 1. The summed E-state index contributed by atoms with van der Waals surface area (Å²) in [6, 6.07) is 6.00. The Morgan fingerprint density at radius 2 is 2.04 bits per heavy atom. The van der Waals surface area contributed by atoms with Gasteiger partial charge in [-0.2, -0.15) is 5.10 Å². The average molecular weight is 346 g/mol. The molecule has 3 fully saturated rings. The molecule has 134 valence electrons. The zero-order chi connectivity index (χ0) is 17.8. The van der Waals surface area contributed by atoms with Crippen LogP contribution in [0.3, 0.4) is 0 Å². The minimum atomic E-state index is -0.250. The second-order valence-corrected chi connectivity index (χ2v) is 6.16. The van der Waals surface area contributed by atoms with Gasteiger partial charge in [0, 0.05) is 37.6 Å². The largest absolute Gasteiger partial charge is 0.497 e. The summed E-state index contributed by atoms with van der Waals surface area (Å²) >= 11 is 0. The third-order valence-corrected chi connectivity index (χ3v) is 4.89. The Bertz CT molecular complexity index is 752. The van der Waals surface area contributed by atoms with Gasteiger partial charge < -0.3 is 19.6 Å². The highest BCUT2D eigenvalue weighted by molar-refractivity contribution is 6.05. The topological polar surface area (TPSA) is 98.8 Å². The number of aromatic amines is 1. The van der Waals surface area contributed by atoms with Crippen molar-refractivity contribution in [1.82, 2.24) is 20.0 Å². The highest BCUT2D eigenvalue weighted by Gasteiger charge is 2.33. The highest BCUT2D eigenvalue weighted by Crippen LogP contribution is 2.26. The van der Waals surface area contributed by atoms with Gasteiger partial charge in [-0.25, -0.2) is 0 Å². The summed E-state index contributed by atoms with van der Waals surface area (Å²) in [5.41, 5.74) is 1.38. The Labute approximate surface area is 145 Å². The van der Waals surface area contributed by atoms with E-state index in [0.29, 0.717) is 11.7 Å². The number of hydrogen-bond donors (Lipinski definition) is 2. The molecule has 8 nitrogen and oxygen atoms in total. The van der Waals surface area contributed by atoms with Crippen molar-refractivity contribution in [3.05, 3.63) is 23.9 Å². The first-order chi connectivity index (χ1) is 12.2. The van der Waals surface area contributed by atoms with Crippen molar-refractivity contribution in [2.75, 3.05) is 33.3 Å². The van der Waals surface area contributed by atoms with Crippen LogP contribution in [-0.2, 0) is 4.79 Å². The van der Waals surface area contributed by atoms with Gasteiger partial charge in [-0.15, -0.1) is 0 Å². The Balaban J connectivity index is 0.000000569. The van der Waals surface area contributed by atoms with Crippen LogP contribution in [-0.4, -0.2) is 76.8 Å². The van der Waals surface area contributed by atoms with E-state index < -0.39 is 0 Å². The van der Waals surface area contributed by atoms with Crippen molar-refractivity contribution in [2.45, 2.75) is 18.9 Å². The fraction of sp³-hybridized carbons (Fsp3) is 0.471. The molecule has 2 bridgehead atoms. The molecule has 3 aliphatic rings. The van der Waals surface area contributed by atoms with E-state index in [1.165, 1.54) is 0 Å². The van der Waals surface area contributed by atoms with E-state index in [9.17, 15) is 4.79 Å². The van der Waals surface area contributed by atoms with Crippen molar-refractivity contribution in [1.29, 1.82) is 0 Å². The molecule has 2 aromatic rings. The van der Waals surface area contributed by atoms with E-state index in [1.807, 2.05) is 23.1 Å². The van der Waals surface area contributed by atoms with Crippen LogP contribution in [0.25, 0.3) is 10.9 Å². The lowest BCUT2D eigenvalue weighted by Gasteiger charge is -2.31. The average Bonchev–Trinajstić information content (AvgIpc) is 2.82. The summed E-state index contributed by atoms with van der Waals surface area (Å²) in [4.78, 5) is 25.8. The number of H-pyrrole nitrogens is 1. The lowest BCUT2D eigenvalue weighted by Crippen LogP contribution is -2.41. The first kappa shape index (κ1) is 17.2. The molecule has 0 radical (unpaired) electrons. The SMILES string of the molecule is COc1ccc2[nH]nc(C(=O)N3CCN4CCC3CC4)c2c1.O=CO. The molecular formula is C17H22N4O4. The quantitative estimate of drug-likeness (QED) is 0.793. The maximum atomic E-state index is 13.0. The Morgan fingerprint density at radius 1 is 1.32 bits per heavy atom. The van der Waals surface area contributed by atoms with Gasteiger partial charge in [-0.3, -0.25) is 14.7 Å². The van der Waals surface area contributed by atoms with Crippen molar-refractivity contribution >= 4 is 23.3 Å². The summed E-state index contributed by atoms with van der Waals surface area (Å²) < 4.78 is 5.27. The number of carboxylic acid groups (broad SMARTS) is 1. The molecule has 0 atom stereocenters. The smallest absolute Gasteiger partial charge is 0.290 e. The molecule has 2 N–H and O–H groups in total. The highest BCUT2D eigenvalue weighted by atomic mass is 16.5. The number of piperidine rings is 1. The molecule has 3 saturated heterocycles. The van der Waals surface area contributed by atoms with E-state index in [4.69, 9.17) is 14.6 Å². The van der Waals surface area contributed by atoms with E-state index in [-0.39, 0.29) is 12.4 Å². The summed E-state index contributed by atoms with van der Waals surface area (Å²) in [6.07, 6.45) is 2.13. The predicted molar refractivity (Wildman–Crippen MR) is 91.8 cm³/mol. The normalized spacial score (nSPS) is 22.0. The number of hydrogen-bond acceptors (Lipinski definition) is 5. The number of amides is 1. The van der Waals surface area contributed by atoms with Crippen LogP contribution in [0.1, 0.15) is 23.3 Å². The van der Waals surface area contributed by atoms with Crippen LogP contribution < -0.4 is 4.74 Å². The molecule has 1 aromatic carbocycles. The number of benzene rings is 1. The summed E-state index contributed by atoms with van der Waals surface area (Å²) in [6.45, 7) is 3.71. The molecule has 0 spiro atoms. The van der Waals surface area contributed by atoms with E-state index in [0.717, 1.165) is 55.7 Å². The fourth-order valence-electron chi connectivity index (χ4n) is 3.57. The van der Waals surface area contributed by atoms with Crippen LogP contribution in [0, 0.1) is 0 Å². The van der Waals surface area contributed by atoms with Gasteiger partial charge in [0.25, 0.3) is 12.4 Å². The van der Waals surface area contributed by atoms with Crippen molar-refractivity contribution in [2.24, 2.45) is 0 Å². The number of rotatable bonds is 2. The van der Waals surface area contributed by atoms with Crippen molar-refractivity contribution in [3.8, 4) is 5.75 Å². The maximum absolute atomic E-state index is 13.0.